The first-order valence-corrected chi connectivity index (χ1v) is 8.57. The zero-order valence-corrected chi connectivity index (χ0v) is 13.0. The Labute approximate surface area is 136 Å². The molecule has 3 aromatic rings. The number of fused-ring (bicyclic) bond motifs is 2. The summed E-state index contributed by atoms with van der Waals surface area (Å²) in [6.45, 7) is 0. The number of H-pyrrole nitrogens is 2. The highest BCUT2D eigenvalue weighted by Crippen LogP contribution is 2.27. The van der Waals surface area contributed by atoms with Crippen LogP contribution in [0.5, 0.6) is 0 Å². The molecule has 1 amide bonds. The average Bonchev–Trinajstić information content (AvgIpc) is 3.05. The molecule has 2 heterocycles. The molecule has 0 fully saturated rings. The van der Waals surface area contributed by atoms with E-state index in [9.17, 15) is 18.0 Å². The Bertz CT molecular complexity index is 1140. The normalized spacial score (nSPS) is 13.8. The van der Waals surface area contributed by atoms with Gasteiger partial charge in [-0.1, -0.05) is 0 Å². The lowest BCUT2D eigenvalue weighted by molar-refractivity contribution is -0.115. The van der Waals surface area contributed by atoms with Crippen LogP contribution in [-0.2, 0) is 21.2 Å². The second kappa shape index (κ2) is 4.96. The van der Waals surface area contributed by atoms with Gasteiger partial charge >= 0.3 is 5.69 Å². The highest BCUT2D eigenvalue weighted by molar-refractivity contribution is 7.92. The topological polar surface area (TPSA) is 124 Å². The van der Waals surface area contributed by atoms with Crippen LogP contribution >= 0.6 is 0 Å². The van der Waals surface area contributed by atoms with Crippen molar-refractivity contribution in [3.63, 3.8) is 0 Å². The van der Waals surface area contributed by atoms with Crippen molar-refractivity contribution in [3.05, 3.63) is 52.4 Å². The largest absolute Gasteiger partial charge is 0.326 e. The molecule has 4 rings (SSSR count). The van der Waals surface area contributed by atoms with Gasteiger partial charge in [0.2, 0.25) is 5.91 Å². The van der Waals surface area contributed by atoms with Gasteiger partial charge < -0.3 is 15.3 Å². The maximum absolute atomic E-state index is 12.5. The summed E-state index contributed by atoms with van der Waals surface area (Å²) in [4.78, 5) is 27.9. The summed E-state index contributed by atoms with van der Waals surface area (Å²) in [7, 11) is -3.81. The molecule has 1 aliphatic heterocycles. The Hall–Kier alpha value is -3.07. The Kier molecular flexibility index (Phi) is 3.00. The van der Waals surface area contributed by atoms with Gasteiger partial charge in [-0.2, -0.15) is 0 Å². The van der Waals surface area contributed by atoms with Gasteiger partial charge in [0.15, 0.2) is 0 Å². The van der Waals surface area contributed by atoms with Gasteiger partial charge in [-0.05, 0) is 42.0 Å². The van der Waals surface area contributed by atoms with Gasteiger partial charge in [-0.15, -0.1) is 0 Å². The molecule has 0 aliphatic carbocycles. The molecule has 4 N–H and O–H groups in total. The molecule has 0 atom stereocenters. The summed E-state index contributed by atoms with van der Waals surface area (Å²) in [5.74, 6) is -0.158. The van der Waals surface area contributed by atoms with Crippen molar-refractivity contribution >= 4 is 38.3 Å². The Balaban J connectivity index is 1.68. The Morgan fingerprint density at radius 1 is 0.958 bits per heavy atom. The molecule has 122 valence electrons. The number of aromatic nitrogens is 2. The number of hydrogen-bond acceptors (Lipinski definition) is 4. The number of carbonyl (C=O) groups excluding carboxylic acids is 1. The molecule has 0 saturated carbocycles. The molecule has 0 spiro atoms. The van der Waals surface area contributed by atoms with Crippen molar-refractivity contribution < 1.29 is 13.2 Å². The number of hydrogen-bond donors (Lipinski definition) is 4. The fourth-order valence-electron chi connectivity index (χ4n) is 2.68. The van der Waals surface area contributed by atoms with Gasteiger partial charge in [0.25, 0.3) is 10.0 Å². The van der Waals surface area contributed by atoms with Crippen molar-refractivity contribution in [2.24, 2.45) is 0 Å². The monoisotopic (exact) mass is 344 g/mol. The lowest BCUT2D eigenvalue weighted by atomic mass is 10.2. The number of amides is 1. The zero-order chi connectivity index (χ0) is 16.9. The van der Waals surface area contributed by atoms with Crippen molar-refractivity contribution in [1.82, 2.24) is 9.97 Å². The van der Waals surface area contributed by atoms with Crippen molar-refractivity contribution in [2.45, 2.75) is 11.3 Å². The summed E-state index contributed by atoms with van der Waals surface area (Å²) in [5, 5.41) is 2.66. The number of benzene rings is 2. The summed E-state index contributed by atoms with van der Waals surface area (Å²) < 4.78 is 27.5. The van der Waals surface area contributed by atoms with Crippen LogP contribution in [0.4, 0.5) is 11.4 Å². The standard InChI is InChI=1S/C15H12N4O4S/c20-14-6-8-5-10(2-4-11(8)16-14)24(22,23)19-9-1-3-12-13(7-9)18-15(21)17-12/h1-5,7,19H,6H2,(H,16,20)(H2,17,18,21). The average molecular weight is 344 g/mol. The predicted molar refractivity (Wildman–Crippen MR) is 88.5 cm³/mol. The molecule has 9 heteroatoms. The van der Waals surface area contributed by atoms with Crippen LogP contribution in [0.3, 0.4) is 0 Å². The van der Waals surface area contributed by atoms with Gasteiger partial charge in [-0.25, -0.2) is 13.2 Å². The highest BCUT2D eigenvalue weighted by atomic mass is 32.2. The van der Waals surface area contributed by atoms with Crippen molar-refractivity contribution in [3.8, 4) is 0 Å². The molecular formula is C15H12N4O4S. The highest BCUT2D eigenvalue weighted by Gasteiger charge is 2.22. The van der Waals surface area contributed by atoms with Gasteiger partial charge in [0, 0.05) is 5.69 Å². The number of aromatic amines is 2. The van der Waals surface area contributed by atoms with E-state index in [0.717, 1.165) is 0 Å². The number of anilines is 2. The number of nitrogens with one attached hydrogen (secondary N) is 4. The molecular weight excluding hydrogens is 332 g/mol. The Morgan fingerprint density at radius 3 is 2.58 bits per heavy atom. The van der Waals surface area contributed by atoms with Gasteiger partial charge in [0.1, 0.15) is 0 Å². The van der Waals surface area contributed by atoms with Crippen LogP contribution in [0.2, 0.25) is 0 Å². The third kappa shape index (κ3) is 2.44. The van der Waals surface area contributed by atoms with E-state index in [0.29, 0.717) is 28.0 Å². The quantitative estimate of drug-likeness (QED) is 0.569. The van der Waals surface area contributed by atoms with Gasteiger partial charge in [-0.3, -0.25) is 9.52 Å². The number of sulfonamides is 1. The third-order valence-electron chi connectivity index (χ3n) is 3.78. The SMILES string of the molecule is O=C1Cc2cc(S(=O)(=O)Nc3ccc4[nH]c(=O)[nH]c4c3)ccc2N1. The fourth-order valence-corrected chi connectivity index (χ4v) is 3.78. The van der Waals surface area contributed by atoms with E-state index in [1.807, 2.05) is 0 Å². The smallest absolute Gasteiger partial charge is 0.323 e. The zero-order valence-electron chi connectivity index (χ0n) is 12.2. The van der Waals surface area contributed by atoms with Crippen molar-refractivity contribution in [1.29, 1.82) is 0 Å². The summed E-state index contributed by atoms with van der Waals surface area (Å²) in [5.41, 5.74) is 2.33. The van der Waals surface area contributed by atoms with E-state index in [4.69, 9.17) is 0 Å². The number of carbonyl (C=O) groups is 1. The minimum atomic E-state index is -3.81. The van der Waals surface area contributed by atoms with E-state index in [-0.39, 0.29) is 22.9 Å². The molecule has 8 nitrogen and oxygen atoms in total. The lowest BCUT2D eigenvalue weighted by Crippen LogP contribution is -2.13. The maximum atomic E-state index is 12.5. The van der Waals surface area contributed by atoms with Crippen LogP contribution in [0.15, 0.2) is 46.1 Å². The second-order valence-corrected chi connectivity index (χ2v) is 7.17. The Morgan fingerprint density at radius 2 is 1.75 bits per heavy atom. The third-order valence-corrected chi connectivity index (χ3v) is 5.16. The van der Waals surface area contributed by atoms with Crippen LogP contribution in [-0.4, -0.2) is 24.3 Å². The molecule has 0 radical (unpaired) electrons. The minimum Gasteiger partial charge on any atom is -0.326 e. The molecule has 1 aromatic heterocycles. The van der Waals surface area contributed by atoms with Crippen LogP contribution in [0.1, 0.15) is 5.56 Å². The molecule has 2 aromatic carbocycles. The molecule has 1 aliphatic rings. The van der Waals surface area contributed by atoms with E-state index in [1.165, 1.54) is 18.2 Å². The van der Waals surface area contributed by atoms with Crippen LogP contribution in [0, 0.1) is 0 Å². The van der Waals surface area contributed by atoms with E-state index < -0.39 is 10.0 Å². The fraction of sp³-hybridized carbons (Fsp3) is 0.0667. The molecule has 0 bridgehead atoms. The summed E-state index contributed by atoms with van der Waals surface area (Å²) in [6.07, 6.45) is 0.162. The molecule has 0 saturated heterocycles. The van der Waals surface area contributed by atoms with Crippen LogP contribution < -0.4 is 15.7 Å². The molecule has 0 unspecified atom stereocenters. The summed E-state index contributed by atoms with van der Waals surface area (Å²) in [6, 6.07) is 9.18. The first-order chi connectivity index (χ1) is 11.4. The maximum Gasteiger partial charge on any atom is 0.323 e. The first kappa shape index (κ1) is 14.5. The van der Waals surface area contributed by atoms with E-state index in [1.54, 1.807) is 18.2 Å². The minimum absolute atomic E-state index is 0.0698. The summed E-state index contributed by atoms with van der Waals surface area (Å²) >= 11 is 0. The van der Waals surface area contributed by atoms with Crippen molar-refractivity contribution in [2.75, 3.05) is 10.0 Å². The van der Waals surface area contributed by atoms with E-state index in [2.05, 4.69) is 20.0 Å². The van der Waals surface area contributed by atoms with Gasteiger partial charge in [0.05, 0.1) is 28.0 Å². The number of rotatable bonds is 3. The number of imidazole rings is 1. The lowest BCUT2D eigenvalue weighted by Gasteiger charge is -2.09. The molecule has 24 heavy (non-hydrogen) atoms. The van der Waals surface area contributed by atoms with Crippen LogP contribution in [0.25, 0.3) is 11.0 Å². The predicted octanol–water partition coefficient (Wildman–Crippen LogP) is 1.15. The first-order valence-electron chi connectivity index (χ1n) is 7.08. The second-order valence-electron chi connectivity index (χ2n) is 5.49. The van der Waals surface area contributed by atoms with E-state index >= 15 is 0 Å².